The molecule has 0 saturated carbocycles. The molecule has 1 amide bonds. The zero-order chi connectivity index (χ0) is 17.2. The van der Waals surface area contributed by atoms with Gasteiger partial charge in [-0.1, -0.05) is 18.6 Å². The summed E-state index contributed by atoms with van der Waals surface area (Å²) in [5.41, 5.74) is 0.612. The number of rotatable bonds is 10. The molecule has 0 aliphatic carbocycles. The molecule has 0 saturated heterocycles. The van der Waals surface area contributed by atoms with E-state index < -0.39 is 12.6 Å². The van der Waals surface area contributed by atoms with Gasteiger partial charge in [-0.05, 0) is 42.8 Å². The number of carboxylic acids is 1. The van der Waals surface area contributed by atoms with Crippen molar-refractivity contribution in [2.24, 2.45) is 0 Å². The Morgan fingerprint density at radius 2 is 2.00 bits per heavy atom. The molecule has 0 aliphatic rings. The molecule has 5 nitrogen and oxygen atoms in total. The van der Waals surface area contributed by atoms with Gasteiger partial charge in [0.05, 0.1) is 0 Å². The number of thiophene rings is 1. The molecule has 6 heteroatoms. The van der Waals surface area contributed by atoms with Crippen LogP contribution in [0.25, 0.3) is 0 Å². The molecule has 128 valence electrons. The Morgan fingerprint density at radius 3 is 2.75 bits per heavy atom. The highest BCUT2D eigenvalue weighted by molar-refractivity contribution is 7.09. The van der Waals surface area contributed by atoms with Crippen LogP contribution in [0.2, 0.25) is 0 Å². The van der Waals surface area contributed by atoms with Crippen LogP contribution in [0.3, 0.4) is 0 Å². The SMILES string of the molecule is O=C(O)COc1cccc(NC(=O)CCCCCc2cccs2)c1. The minimum absolute atomic E-state index is 0.0403. The first-order valence-corrected chi connectivity index (χ1v) is 8.78. The smallest absolute Gasteiger partial charge is 0.341 e. The van der Waals surface area contributed by atoms with Crippen molar-refractivity contribution in [3.05, 3.63) is 46.7 Å². The highest BCUT2D eigenvalue weighted by atomic mass is 32.1. The molecule has 0 fully saturated rings. The number of nitrogens with one attached hydrogen (secondary N) is 1. The van der Waals surface area contributed by atoms with Crippen LogP contribution in [0.5, 0.6) is 5.75 Å². The minimum Gasteiger partial charge on any atom is -0.482 e. The van der Waals surface area contributed by atoms with Gasteiger partial charge >= 0.3 is 5.97 Å². The number of carbonyl (C=O) groups excluding carboxylic acids is 1. The van der Waals surface area contributed by atoms with Crippen molar-refractivity contribution in [2.75, 3.05) is 11.9 Å². The summed E-state index contributed by atoms with van der Waals surface area (Å²) in [6, 6.07) is 10.9. The van der Waals surface area contributed by atoms with Gasteiger partial charge in [0.25, 0.3) is 0 Å². The Balaban J connectivity index is 1.66. The second kappa shape index (κ2) is 9.72. The molecule has 1 aromatic heterocycles. The van der Waals surface area contributed by atoms with Gasteiger partial charge < -0.3 is 15.2 Å². The summed E-state index contributed by atoms with van der Waals surface area (Å²) < 4.78 is 5.09. The predicted molar refractivity (Wildman–Crippen MR) is 94.7 cm³/mol. The van der Waals surface area contributed by atoms with E-state index in [9.17, 15) is 9.59 Å². The number of hydrogen-bond acceptors (Lipinski definition) is 4. The van der Waals surface area contributed by atoms with Crippen LogP contribution >= 0.6 is 11.3 Å². The molecule has 2 rings (SSSR count). The van der Waals surface area contributed by atoms with Gasteiger partial charge in [0.2, 0.25) is 5.91 Å². The standard InChI is InChI=1S/C18H21NO4S/c20-17(10-3-1-2-8-16-9-5-11-24-16)19-14-6-4-7-15(12-14)23-13-18(21)22/h4-7,9,11-12H,1-3,8,10,13H2,(H,19,20)(H,21,22). The first-order valence-electron chi connectivity index (χ1n) is 7.90. The highest BCUT2D eigenvalue weighted by Gasteiger charge is 2.05. The summed E-state index contributed by atoms with van der Waals surface area (Å²) in [5, 5.41) is 13.5. The Labute approximate surface area is 145 Å². The summed E-state index contributed by atoms with van der Waals surface area (Å²) in [4.78, 5) is 23.8. The number of carboxylic acid groups (broad SMARTS) is 1. The van der Waals surface area contributed by atoms with Gasteiger partial charge in [0, 0.05) is 23.1 Å². The second-order valence-electron chi connectivity index (χ2n) is 5.40. The number of hydrogen-bond donors (Lipinski definition) is 2. The van der Waals surface area contributed by atoms with Crippen molar-refractivity contribution in [1.82, 2.24) is 0 Å². The number of carbonyl (C=O) groups is 2. The lowest BCUT2D eigenvalue weighted by molar-refractivity contribution is -0.139. The zero-order valence-corrected chi connectivity index (χ0v) is 14.2. The molecule has 0 unspecified atom stereocenters. The molecular formula is C18H21NO4S. The lowest BCUT2D eigenvalue weighted by Gasteiger charge is -2.08. The van der Waals surface area contributed by atoms with Crippen molar-refractivity contribution in [3.8, 4) is 5.75 Å². The van der Waals surface area contributed by atoms with Crippen molar-refractivity contribution < 1.29 is 19.4 Å². The molecule has 0 aliphatic heterocycles. The van der Waals surface area contributed by atoms with E-state index in [1.807, 2.05) is 0 Å². The van der Waals surface area contributed by atoms with Crippen molar-refractivity contribution in [2.45, 2.75) is 32.1 Å². The fourth-order valence-corrected chi connectivity index (χ4v) is 3.00. The number of amides is 1. The maximum Gasteiger partial charge on any atom is 0.341 e. The van der Waals surface area contributed by atoms with E-state index >= 15 is 0 Å². The van der Waals surface area contributed by atoms with Crippen LogP contribution in [-0.2, 0) is 16.0 Å². The van der Waals surface area contributed by atoms with Gasteiger partial charge in [0.1, 0.15) is 5.75 Å². The summed E-state index contributed by atoms with van der Waals surface area (Å²) in [7, 11) is 0. The fourth-order valence-electron chi connectivity index (χ4n) is 2.25. The van der Waals surface area contributed by atoms with E-state index in [1.165, 1.54) is 4.88 Å². The Kier molecular flexibility index (Phi) is 7.29. The van der Waals surface area contributed by atoms with Crippen LogP contribution in [0, 0.1) is 0 Å². The lowest BCUT2D eigenvalue weighted by Crippen LogP contribution is -2.12. The van der Waals surface area contributed by atoms with Gasteiger partial charge in [-0.25, -0.2) is 4.79 Å². The number of anilines is 1. The molecule has 0 bridgehead atoms. The predicted octanol–water partition coefficient (Wildman–Crippen LogP) is 3.95. The van der Waals surface area contributed by atoms with E-state index in [0.717, 1.165) is 25.7 Å². The van der Waals surface area contributed by atoms with Gasteiger partial charge in [0.15, 0.2) is 6.61 Å². The average molecular weight is 347 g/mol. The highest BCUT2D eigenvalue weighted by Crippen LogP contribution is 2.18. The van der Waals surface area contributed by atoms with E-state index in [1.54, 1.807) is 35.6 Å². The van der Waals surface area contributed by atoms with Crippen LogP contribution in [0.4, 0.5) is 5.69 Å². The lowest BCUT2D eigenvalue weighted by atomic mass is 10.1. The van der Waals surface area contributed by atoms with Crippen molar-refractivity contribution >= 4 is 28.9 Å². The molecule has 1 aromatic carbocycles. The normalized spacial score (nSPS) is 10.3. The summed E-state index contributed by atoms with van der Waals surface area (Å²) in [5.74, 6) is -0.653. The Bertz CT molecular complexity index is 655. The molecule has 24 heavy (non-hydrogen) atoms. The number of unbranched alkanes of at least 4 members (excludes halogenated alkanes) is 2. The van der Waals surface area contributed by atoms with Gasteiger partial charge in [-0.15, -0.1) is 11.3 Å². The van der Waals surface area contributed by atoms with E-state index in [2.05, 4.69) is 22.8 Å². The average Bonchev–Trinajstić information content (AvgIpc) is 3.06. The third-order valence-electron chi connectivity index (χ3n) is 3.39. The van der Waals surface area contributed by atoms with Crippen molar-refractivity contribution in [3.63, 3.8) is 0 Å². The fraction of sp³-hybridized carbons (Fsp3) is 0.333. The van der Waals surface area contributed by atoms with Crippen LogP contribution in [-0.4, -0.2) is 23.6 Å². The van der Waals surface area contributed by atoms with E-state index in [0.29, 0.717) is 17.9 Å². The molecule has 1 heterocycles. The molecule has 0 atom stereocenters. The summed E-state index contributed by atoms with van der Waals surface area (Å²) in [6.07, 6.45) is 4.51. The quantitative estimate of drug-likeness (QED) is 0.638. The number of aliphatic carboxylic acids is 1. The maximum atomic E-state index is 11.9. The molecule has 0 radical (unpaired) electrons. The third kappa shape index (κ3) is 6.83. The summed E-state index contributed by atoms with van der Waals surface area (Å²) in [6.45, 7) is -0.401. The van der Waals surface area contributed by atoms with Crippen LogP contribution in [0.15, 0.2) is 41.8 Å². The summed E-state index contributed by atoms with van der Waals surface area (Å²) >= 11 is 1.77. The largest absolute Gasteiger partial charge is 0.482 e. The Hall–Kier alpha value is -2.34. The number of aryl methyl sites for hydroxylation is 1. The Morgan fingerprint density at radius 1 is 1.12 bits per heavy atom. The number of benzene rings is 1. The zero-order valence-electron chi connectivity index (χ0n) is 13.4. The van der Waals surface area contributed by atoms with Crippen molar-refractivity contribution in [1.29, 1.82) is 0 Å². The second-order valence-corrected chi connectivity index (χ2v) is 6.43. The monoisotopic (exact) mass is 347 g/mol. The van der Waals surface area contributed by atoms with Gasteiger partial charge in [-0.3, -0.25) is 4.79 Å². The molecule has 0 spiro atoms. The first kappa shape index (κ1) is 18.0. The molecule has 2 aromatic rings. The van der Waals surface area contributed by atoms with Crippen LogP contribution in [0.1, 0.15) is 30.6 Å². The number of ether oxygens (including phenoxy) is 1. The minimum atomic E-state index is -1.04. The molecular weight excluding hydrogens is 326 g/mol. The van der Waals surface area contributed by atoms with E-state index in [-0.39, 0.29) is 5.91 Å². The third-order valence-corrected chi connectivity index (χ3v) is 4.32. The van der Waals surface area contributed by atoms with Gasteiger partial charge in [-0.2, -0.15) is 0 Å². The molecule has 2 N–H and O–H groups in total. The van der Waals surface area contributed by atoms with Crippen LogP contribution < -0.4 is 10.1 Å². The topological polar surface area (TPSA) is 75.6 Å². The maximum absolute atomic E-state index is 11.9. The van der Waals surface area contributed by atoms with E-state index in [4.69, 9.17) is 9.84 Å². The first-order chi connectivity index (χ1) is 11.6.